The van der Waals surface area contributed by atoms with Crippen LogP contribution in [-0.4, -0.2) is 77.3 Å². The van der Waals surface area contributed by atoms with Gasteiger partial charge in [-0.1, -0.05) is 12.1 Å². The molecular formula is C32H38N2O9. The minimum atomic E-state index is -1.21. The highest BCUT2D eigenvalue weighted by Gasteiger charge is 2.51. The van der Waals surface area contributed by atoms with Crippen molar-refractivity contribution in [2.75, 3.05) is 27.1 Å². The molecule has 0 spiro atoms. The molecule has 0 saturated heterocycles. The average molecular weight is 595 g/mol. The third kappa shape index (κ3) is 6.20. The number of fused-ring (bicyclic) bond motifs is 4. The van der Waals surface area contributed by atoms with Gasteiger partial charge in [-0.15, -0.1) is 6.58 Å². The molecule has 2 amide bonds. The molecule has 43 heavy (non-hydrogen) atoms. The Bertz CT molecular complexity index is 1390. The molecule has 230 valence electrons. The number of amides is 2. The minimum absolute atomic E-state index is 0.0254. The number of unbranched alkanes of at least 4 members (excludes halogenated alkanes) is 2. The van der Waals surface area contributed by atoms with E-state index in [0.717, 1.165) is 18.4 Å². The highest BCUT2D eigenvalue weighted by atomic mass is 16.7. The molecule has 0 bridgehead atoms. The molecule has 4 N–H and O–H groups in total. The van der Waals surface area contributed by atoms with E-state index in [1.807, 2.05) is 12.1 Å². The Morgan fingerprint density at radius 2 is 1.95 bits per heavy atom. The summed E-state index contributed by atoms with van der Waals surface area (Å²) in [5.41, 5.74) is 2.21. The first-order chi connectivity index (χ1) is 20.9. The first-order valence-electron chi connectivity index (χ1n) is 14.5. The van der Waals surface area contributed by atoms with Crippen molar-refractivity contribution in [2.45, 2.75) is 63.0 Å². The fourth-order valence-electron chi connectivity index (χ4n) is 5.92. The van der Waals surface area contributed by atoms with Gasteiger partial charge in [0.25, 0.3) is 0 Å². The molecule has 0 radical (unpaired) electrons. The maximum absolute atomic E-state index is 13.8. The lowest BCUT2D eigenvalue weighted by Gasteiger charge is -2.41. The van der Waals surface area contributed by atoms with Crippen molar-refractivity contribution in [3.8, 4) is 23.0 Å². The summed E-state index contributed by atoms with van der Waals surface area (Å²) in [6.07, 6.45) is 3.76. The van der Waals surface area contributed by atoms with Crippen LogP contribution in [0.3, 0.4) is 0 Å². The van der Waals surface area contributed by atoms with Gasteiger partial charge < -0.3 is 44.5 Å². The number of hydrogen-bond acceptors (Lipinski definition) is 9. The standard InChI is InChI=1S/C32H38N2O9/c1-3-4-5-6-7-27(37)34(16-19-8-9-24-25(13-19)42-18-41-24)23-15-22(32(39)33-10-11-35)28-21-12-20(17-36)14-26(40-2)30(21)43-31(28)29(23)38/h3,8-9,12-15,23,28-29,31,35-36,38H,1,4-7,10-11,16-18H2,2H3,(H,33,39). The molecule has 5 rings (SSSR count). The van der Waals surface area contributed by atoms with Gasteiger partial charge in [0.15, 0.2) is 23.0 Å². The first-order valence-corrected chi connectivity index (χ1v) is 14.5. The van der Waals surface area contributed by atoms with Crippen LogP contribution in [0.4, 0.5) is 0 Å². The second kappa shape index (κ2) is 13.5. The highest BCUT2D eigenvalue weighted by Crippen LogP contribution is 2.51. The Hall–Kier alpha value is -4.06. The van der Waals surface area contributed by atoms with Crippen molar-refractivity contribution >= 4 is 11.8 Å². The Morgan fingerprint density at radius 1 is 1.14 bits per heavy atom. The lowest BCUT2D eigenvalue weighted by molar-refractivity contribution is -0.138. The predicted octanol–water partition coefficient (Wildman–Crippen LogP) is 2.31. The number of carbonyl (C=O) groups is 2. The van der Waals surface area contributed by atoms with Crippen LogP contribution in [0.25, 0.3) is 0 Å². The van der Waals surface area contributed by atoms with E-state index in [4.69, 9.17) is 18.9 Å². The molecule has 4 unspecified atom stereocenters. The molecule has 0 saturated carbocycles. The van der Waals surface area contributed by atoms with Crippen LogP contribution in [0, 0.1) is 0 Å². The molecule has 11 heteroatoms. The lowest BCUT2D eigenvalue weighted by atomic mass is 9.77. The number of aliphatic hydroxyl groups excluding tert-OH is 3. The predicted molar refractivity (Wildman–Crippen MR) is 156 cm³/mol. The lowest BCUT2D eigenvalue weighted by Crippen LogP contribution is -2.55. The monoisotopic (exact) mass is 594 g/mol. The number of hydrogen-bond donors (Lipinski definition) is 4. The number of nitrogens with one attached hydrogen (secondary N) is 1. The maximum atomic E-state index is 13.8. The number of aliphatic hydroxyl groups is 3. The largest absolute Gasteiger partial charge is 0.493 e. The van der Waals surface area contributed by atoms with Crippen LogP contribution < -0.4 is 24.3 Å². The third-order valence-electron chi connectivity index (χ3n) is 8.01. The molecule has 11 nitrogen and oxygen atoms in total. The molecule has 0 fully saturated rings. The minimum Gasteiger partial charge on any atom is -0.493 e. The smallest absolute Gasteiger partial charge is 0.247 e. The van der Waals surface area contributed by atoms with Gasteiger partial charge >= 0.3 is 0 Å². The van der Waals surface area contributed by atoms with E-state index in [9.17, 15) is 24.9 Å². The van der Waals surface area contributed by atoms with E-state index < -0.39 is 30.1 Å². The van der Waals surface area contributed by atoms with Gasteiger partial charge in [0.05, 0.1) is 32.3 Å². The molecule has 0 aromatic heterocycles. The topological polar surface area (TPSA) is 147 Å². The quantitative estimate of drug-likeness (QED) is 0.203. The maximum Gasteiger partial charge on any atom is 0.247 e. The molecule has 2 aromatic carbocycles. The van der Waals surface area contributed by atoms with Gasteiger partial charge in [-0.05, 0) is 60.7 Å². The molecule has 2 heterocycles. The third-order valence-corrected chi connectivity index (χ3v) is 8.01. The normalized spacial score (nSPS) is 21.3. The Kier molecular flexibility index (Phi) is 9.54. The van der Waals surface area contributed by atoms with Crippen LogP contribution in [0.1, 0.15) is 48.3 Å². The SMILES string of the molecule is C=CCCCCC(=O)N(Cc1ccc2c(c1)OCO2)C1C=C(C(=O)NCCO)C2c3cc(CO)cc(OC)c3OC2C1O. The van der Waals surface area contributed by atoms with E-state index in [-0.39, 0.29) is 45.4 Å². The van der Waals surface area contributed by atoms with Gasteiger partial charge in [0.1, 0.15) is 12.2 Å². The number of carbonyl (C=O) groups excluding carboxylic acids is 2. The fourth-order valence-corrected chi connectivity index (χ4v) is 5.92. The summed E-state index contributed by atoms with van der Waals surface area (Å²) < 4.78 is 22.8. The summed E-state index contributed by atoms with van der Waals surface area (Å²) in [5.74, 6) is 0.580. The average Bonchev–Trinajstić information content (AvgIpc) is 3.65. The van der Waals surface area contributed by atoms with Gasteiger partial charge in [-0.3, -0.25) is 9.59 Å². The van der Waals surface area contributed by atoms with Crippen molar-refractivity contribution in [2.24, 2.45) is 0 Å². The van der Waals surface area contributed by atoms with Crippen LogP contribution in [0.15, 0.2) is 54.6 Å². The van der Waals surface area contributed by atoms with Gasteiger partial charge in [0, 0.05) is 30.6 Å². The fraction of sp³-hybridized carbons (Fsp3) is 0.438. The number of ether oxygens (including phenoxy) is 4. The highest BCUT2D eigenvalue weighted by molar-refractivity contribution is 5.96. The van der Waals surface area contributed by atoms with E-state index in [2.05, 4.69) is 11.9 Å². The summed E-state index contributed by atoms with van der Waals surface area (Å²) in [7, 11) is 1.48. The van der Waals surface area contributed by atoms with Crippen molar-refractivity contribution in [3.63, 3.8) is 0 Å². The molecule has 2 aliphatic heterocycles. The van der Waals surface area contributed by atoms with E-state index >= 15 is 0 Å². The van der Waals surface area contributed by atoms with Crippen molar-refractivity contribution < 1.29 is 43.9 Å². The van der Waals surface area contributed by atoms with Gasteiger partial charge in [0.2, 0.25) is 18.6 Å². The van der Waals surface area contributed by atoms with Crippen LogP contribution in [-0.2, 0) is 22.7 Å². The molecule has 3 aliphatic rings. The number of benzene rings is 2. The summed E-state index contributed by atoms with van der Waals surface area (Å²) in [4.78, 5) is 28.9. The number of nitrogens with zero attached hydrogens (tertiary/aromatic N) is 1. The van der Waals surface area contributed by atoms with E-state index in [0.29, 0.717) is 46.1 Å². The molecular weight excluding hydrogens is 556 g/mol. The number of methoxy groups -OCH3 is 1. The van der Waals surface area contributed by atoms with Crippen molar-refractivity contribution in [1.82, 2.24) is 10.2 Å². The number of rotatable bonds is 13. The zero-order valence-corrected chi connectivity index (χ0v) is 24.2. The molecule has 2 aromatic rings. The second-order valence-corrected chi connectivity index (χ2v) is 10.8. The zero-order chi connectivity index (χ0) is 30.5. The second-order valence-electron chi connectivity index (χ2n) is 10.8. The van der Waals surface area contributed by atoms with Crippen LogP contribution in [0.2, 0.25) is 0 Å². The van der Waals surface area contributed by atoms with E-state index in [1.54, 1.807) is 35.2 Å². The van der Waals surface area contributed by atoms with Crippen LogP contribution >= 0.6 is 0 Å². The van der Waals surface area contributed by atoms with Gasteiger partial charge in [-0.2, -0.15) is 0 Å². The first kappa shape index (κ1) is 30.4. The zero-order valence-electron chi connectivity index (χ0n) is 24.2. The van der Waals surface area contributed by atoms with E-state index in [1.165, 1.54) is 7.11 Å². The number of allylic oxidation sites excluding steroid dienone is 1. The van der Waals surface area contributed by atoms with Crippen molar-refractivity contribution in [1.29, 1.82) is 0 Å². The van der Waals surface area contributed by atoms with Crippen LogP contribution in [0.5, 0.6) is 23.0 Å². The molecule has 1 aliphatic carbocycles. The van der Waals surface area contributed by atoms with Gasteiger partial charge in [-0.25, -0.2) is 0 Å². The molecule has 4 atom stereocenters. The Labute approximate surface area is 250 Å². The summed E-state index contributed by atoms with van der Waals surface area (Å²) in [6.45, 7) is 3.52. The summed E-state index contributed by atoms with van der Waals surface area (Å²) in [6, 6.07) is 7.89. The van der Waals surface area contributed by atoms with Crippen molar-refractivity contribution in [3.05, 3.63) is 71.3 Å². The summed E-state index contributed by atoms with van der Waals surface area (Å²) in [5, 5.41) is 33.8. The summed E-state index contributed by atoms with van der Waals surface area (Å²) >= 11 is 0. The Balaban J connectivity index is 1.55. The Morgan fingerprint density at radius 3 is 2.70 bits per heavy atom.